The van der Waals surface area contributed by atoms with E-state index in [4.69, 9.17) is 9.72 Å². The number of hydrogen-bond acceptors (Lipinski definition) is 4. The number of hydrogen-bond donors (Lipinski definition) is 0. The van der Waals surface area contributed by atoms with Crippen LogP contribution in [0.1, 0.15) is 63.1 Å². The Morgan fingerprint density at radius 1 is 1.16 bits per heavy atom. The predicted octanol–water partition coefficient (Wildman–Crippen LogP) is 3.93. The molecular formula is C20H23N3O2. The van der Waals surface area contributed by atoms with Crippen LogP contribution in [0.3, 0.4) is 0 Å². The Morgan fingerprint density at radius 3 is 2.80 bits per heavy atom. The molecule has 5 rings (SSSR count). The van der Waals surface area contributed by atoms with Crippen LogP contribution in [0.5, 0.6) is 5.88 Å². The average molecular weight is 337 g/mol. The van der Waals surface area contributed by atoms with Crippen molar-refractivity contribution in [3.63, 3.8) is 0 Å². The normalized spacial score (nSPS) is 22.5. The molecule has 2 aliphatic carbocycles. The summed E-state index contributed by atoms with van der Waals surface area (Å²) >= 11 is 0. The monoisotopic (exact) mass is 337 g/mol. The number of pyridine rings is 1. The maximum Gasteiger partial charge on any atom is 0.213 e. The lowest BCUT2D eigenvalue weighted by Gasteiger charge is -2.22. The van der Waals surface area contributed by atoms with Gasteiger partial charge < -0.3 is 9.30 Å². The van der Waals surface area contributed by atoms with E-state index in [2.05, 4.69) is 15.6 Å². The zero-order valence-electron chi connectivity index (χ0n) is 14.4. The van der Waals surface area contributed by atoms with E-state index in [9.17, 15) is 4.79 Å². The summed E-state index contributed by atoms with van der Waals surface area (Å²) in [6.07, 6.45) is 12.5. The van der Waals surface area contributed by atoms with E-state index in [0.29, 0.717) is 24.2 Å². The zero-order valence-corrected chi connectivity index (χ0v) is 14.4. The largest absolute Gasteiger partial charge is 0.474 e. The number of carbonyl (C=O) groups is 1. The Labute approximate surface area is 147 Å². The summed E-state index contributed by atoms with van der Waals surface area (Å²) in [5.74, 6) is 1.30. The lowest BCUT2D eigenvalue weighted by atomic mass is 9.84. The van der Waals surface area contributed by atoms with Crippen molar-refractivity contribution in [2.45, 2.75) is 63.5 Å². The first kappa shape index (κ1) is 15.1. The molecular weight excluding hydrogens is 314 g/mol. The van der Waals surface area contributed by atoms with Crippen molar-refractivity contribution in [3.05, 3.63) is 30.4 Å². The van der Waals surface area contributed by atoms with Gasteiger partial charge in [0, 0.05) is 24.0 Å². The van der Waals surface area contributed by atoms with Crippen LogP contribution in [0.25, 0.3) is 11.3 Å². The summed E-state index contributed by atoms with van der Waals surface area (Å²) in [6.45, 7) is 0. The van der Waals surface area contributed by atoms with Crippen molar-refractivity contribution < 1.29 is 9.53 Å². The minimum atomic E-state index is -0.0373. The molecule has 2 fully saturated rings. The lowest BCUT2D eigenvalue weighted by Crippen LogP contribution is -2.21. The van der Waals surface area contributed by atoms with Gasteiger partial charge in [0.2, 0.25) is 5.88 Å². The molecule has 3 heterocycles. The third-order valence-electron chi connectivity index (χ3n) is 5.76. The van der Waals surface area contributed by atoms with Gasteiger partial charge in [-0.2, -0.15) is 0 Å². The van der Waals surface area contributed by atoms with E-state index in [0.717, 1.165) is 42.6 Å². The number of imidazole rings is 1. The van der Waals surface area contributed by atoms with Crippen LogP contribution >= 0.6 is 0 Å². The molecule has 5 heteroatoms. The Balaban J connectivity index is 1.44. The van der Waals surface area contributed by atoms with Gasteiger partial charge in [-0.05, 0) is 31.7 Å². The van der Waals surface area contributed by atoms with Crippen molar-refractivity contribution in [2.24, 2.45) is 5.92 Å². The lowest BCUT2D eigenvalue weighted by molar-refractivity contribution is -0.124. The van der Waals surface area contributed by atoms with Crippen molar-refractivity contribution in [3.8, 4) is 17.1 Å². The van der Waals surface area contributed by atoms with Crippen molar-refractivity contribution in [1.29, 1.82) is 0 Å². The Hall–Kier alpha value is -2.17. The standard InChI is InChI=1S/C20H23N3O2/c24-18(13-4-2-1-3-5-13)10-16-20-15(17-11-21-12-23(16)17)8-9-19(22-20)25-14-6-7-14/h8-9,11-14,16H,1-7,10H2. The molecule has 1 aliphatic heterocycles. The number of ketones is 1. The minimum absolute atomic E-state index is 0.0373. The second kappa shape index (κ2) is 5.97. The fraction of sp³-hybridized carbons (Fsp3) is 0.550. The number of aromatic nitrogens is 3. The highest BCUT2D eigenvalue weighted by Crippen LogP contribution is 2.42. The summed E-state index contributed by atoms with van der Waals surface area (Å²) in [5.41, 5.74) is 3.11. The van der Waals surface area contributed by atoms with Crippen LogP contribution in [-0.4, -0.2) is 26.4 Å². The predicted molar refractivity (Wildman–Crippen MR) is 93.4 cm³/mol. The topological polar surface area (TPSA) is 57.0 Å². The molecule has 2 aromatic rings. The van der Waals surface area contributed by atoms with Gasteiger partial charge in [-0.15, -0.1) is 0 Å². The van der Waals surface area contributed by atoms with Gasteiger partial charge in [-0.1, -0.05) is 19.3 Å². The van der Waals surface area contributed by atoms with Crippen LogP contribution in [0, 0.1) is 5.92 Å². The molecule has 0 radical (unpaired) electrons. The number of nitrogens with zero attached hydrogens (tertiary/aromatic N) is 3. The van der Waals surface area contributed by atoms with Gasteiger partial charge in [0.1, 0.15) is 11.9 Å². The molecule has 2 saturated carbocycles. The third-order valence-corrected chi connectivity index (χ3v) is 5.76. The highest BCUT2D eigenvalue weighted by Gasteiger charge is 2.34. The van der Waals surface area contributed by atoms with E-state index in [1.807, 2.05) is 18.6 Å². The molecule has 2 aromatic heterocycles. The summed E-state index contributed by atoms with van der Waals surface area (Å²) in [6, 6.07) is 3.98. The van der Waals surface area contributed by atoms with Crippen molar-refractivity contribution in [2.75, 3.05) is 0 Å². The minimum Gasteiger partial charge on any atom is -0.474 e. The second-order valence-electron chi connectivity index (χ2n) is 7.61. The molecule has 1 atom stereocenters. The Kier molecular flexibility index (Phi) is 3.61. The zero-order chi connectivity index (χ0) is 16.8. The fourth-order valence-electron chi connectivity index (χ4n) is 4.22. The number of carbonyl (C=O) groups excluding carboxylic acids is 1. The highest BCUT2D eigenvalue weighted by atomic mass is 16.5. The molecule has 1 unspecified atom stereocenters. The van der Waals surface area contributed by atoms with E-state index in [1.54, 1.807) is 0 Å². The Morgan fingerprint density at radius 2 is 2.00 bits per heavy atom. The first-order valence-corrected chi connectivity index (χ1v) is 9.52. The molecule has 0 amide bonds. The van der Waals surface area contributed by atoms with Gasteiger partial charge in [-0.25, -0.2) is 9.97 Å². The third kappa shape index (κ3) is 2.75. The molecule has 0 spiro atoms. The molecule has 25 heavy (non-hydrogen) atoms. The van der Waals surface area contributed by atoms with Gasteiger partial charge >= 0.3 is 0 Å². The van der Waals surface area contributed by atoms with Gasteiger partial charge in [0.05, 0.1) is 30.0 Å². The van der Waals surface area contributed by atoms with Gasteiger partial charge in [-0.3, -0.25) is 4.79 Å². The van der Waals surface area contributed by atoms with Crippen molar-refractivity contribution >= 4 is 5.78 Å². The van der Waals surface area contributed by atoms with Crippen LogP contribution in [0.15, 0.2) is 24.7 Å². The molecule has 130 valence electrons. The second-order valence-corrected chi connectivity index (χ2v) is 7.61. The van der Waals surface area contributed by atoms with E-state index in [1.165, 1.54) is 19.3 Å². The molecule has 3 aliphatic rings. The summed E-state index contributed by atoms with van der Waals surface area (Å²) in [4.78, 5) is 21.9. The maximum atomic E-state index is 12.9. The fourth-order valence-corrected chi connectivity index (χ4v) is 4.22. The maximum absolute atomic E-state index is 12.9. The first-order chi connectivity index (χ1) is 12.3. The molecule has 0 N–H and O–H groups in total. The number of rotatable bonds is 5. The van der Waals surface area contributed by atoms with E-state index < -0.39 is 0 Å². The van der Waals surface area contributed by atoms with E-state index in [-0.39, 0.29) is 12.0 Å². The number of fused-ring (bicyclic) bond motifs is 3. The number of Topliss-reactive ketones (excluding diaryl/α,β-unsaturated/α-hetero) is 1. The summed E-state index contributed by atoms with van der Waals surface area (Å²) in [7, 11) is 0. The number of ether oxygens (including phenoxy) is 1. The summed E-state index contributed by atoms with van der Waals surface area (Å²) < 4.78 is 7.99. The molecule has 0 saturated heterocycles. The van der Waals surface area contributed by atoms with Gasteiger partial charge in [0.15, 0.2) is 0 Å². The SMILES string of the molecule is O=C(CC1c2nc(OC3CC3)ccc2-c2cncn21)C1CCCCC1. The molecule has 0 bridgehead atoms. The average Bonchev–Trinajstić information content (AvgIpc) is 3.24. The van der Waals surface area contributed by atoms with Crippen LogP contribution in [-0.2, 0) is 4.79 Å². The molecule has 0 aromatic carbocycles. The highest BCUT2D eigenvalue weighted by molar-refractivity contribution is 5.83. The first-order valence-electron chi connectivity index (χ1n) is 9.52. The quantitative estimate of drug-likeness (QED) is 0.829. The van der Waals surface area contributed by atoms with Crippen LogP contribution in [0.4, 0.5) is 0 Å². The summed E-state index contributed by atoms with van der Waals surface area (Å²) in [5, 5.41) is 0. The van der Waals surface area contributed by atoms with Gasteiger partial charge in [0.25, 0.3) is 0 Å². The van der Waals surface area contributed by atoms with Crippen LogP contribution < -0.4 is 4.74 Å². The van der Waals surface area contributed by atoms with Crippen LogP contribution in [0.2, 0.25) is 0 Å². The Bertz CT molecular complexity index is 803. The van der Waals surface area contributed by atoms with E-state index >= 15 is 0 Å². The smallest absolute Gasteiger partial charge is 0.213 e. The molecule has 5 nitrogen and oxygen atoms in total. The van der Waals surface area contributed by atoms with Crippen molar-refractivity contribution in [1.82, 2.24) is 14.5 Å².